The summed E-state index contributed by atoms with van der Waals surface area (Å²) in [7, 11) is 0. The first kappa shape index (κ1) is 8.54. The van der Waals surface area contributed by atoms with Crippen LogP contribution in [0.4, 0.5) is 0 Å². The van der Waals surface area contributed by atoms with Gasteiger partial charge in [-0.15, -0.1) is 0 Å². The van der Waals surface area contributed by atoms with Crippen molar-refractivity contribution >= 4 is 0 Å². The van der Waals surface area contributed by atoms with Crippen LogP contribution in [0.1, 0.15) is 43.6 Å². The molecule has 1 N–H and O–H groups in total. The Kier molecular flexibility index (Phi) is 1.91. The van der Waals surface area contributed by atoms with Crippen molar-refractivity contribution in [2.45, 2.75) is 44.7 Å². The summed E-state index contributed by atoms with van der Waals surface area (Å²) in [4.78, 5) is 0. The van der Waals surface area contributed by atoms with Gasteiger partial charge in [-0.2, -0.15) is 0 Å². The zero-order valence-corrected chi connectivity index (χ0v) is 8.62. The third-order valence-corrected chi connectivity index (χ3v) is 3.30. The highest BCUT2D eigenvalue weighted by molar-refractivity contribution is 5.17. The lowest BCUT2D eigenvalue weighted by atomic mass is 10.3. The van der Waals surface area contributed by atoms with E-state index in [0.29, 0.717) is 5.92 Å². The van der Waals surface area contributed by atoms with Gasteiger partial charge in [0.2, 0.25) is 0 Å². The van der Waals surface area contributed by atoms with Crippen LogP contribution < -0.4 is 5.32 Å². The molecule has 1 aromatic rings. The predicted molar refractivity (Wildman–Crippen MR) is 55.1 cm³/mol. The van der Waals surface area contributed by atoms with Gasteiger partial charge < -0.3 is 9.73 Å². The van der Waals surface area contributed by atoms with Crippen molar-refractivity contribution in [3.8, 4) is 0 Å². The van der Waals surface area contributed by atoms with E-state index in [2.05, 4.69) is 24.4 Å². The Morgan fingerprint density at radius 1 is 1.43 bits per heavy atom. The largest absolute Gasteiger partial charge is 0.464 e. The van der Waals surface area contributed by atoms with Crippen molar-refractivity contribution < 1.29 is 4.42 Å². The summed E-state index contributed by atoms with van der Waals surface area (Å²) in [5, 5.41) is 3.46. The number of hydrogen-bond acceptors (Lipinski definition) is 2. The van der Waals surface area contributed by atoms with E-state index in [1.807, 2.05) is 0 Å². The highest BCUT2D eigenvalue weighted by Crippen LogP contribution is 2.47. The molecule has 2 aliphatic rings. The fraction of sp³-hybridized carbons (Fsp3) is 0.667. The standard InChI is InChI=1S/C12H17NO/c1-8-6-11(8)12-5-4-10(14-12)7-13-9-2-3-9/h4-5,8-9,11,13H,2-3,6-7H2,1H3/t8-,11-/m1/s1. The topological polar surface area (TPSA) is 25.2 Å². The molecule has 14 heavy (non-hydrogen) atoms. The smallest absolute Gasteiger partial charge is 0.117 e. The van der Waals surface area contributed by atoms with Crippen LogP contribution in [0.3, 0.4) is 0 Å². The van der Waals surface area contributed by atoms with Crippen LogP contribution in [0.25, 0.3) is 0 Å². The number of rotatable bonds is 4. The van der Waals surface area contributed by atoms with Crippen molar-refractivity contribution in [3.63, 3.8) is 0 Å². The molecule has 3 rings (SSSR count). The van der Waals surface area contributed by atoms with Crippen LogP contribution in [0, 0.1) is 5.92 Å². The Bertz CT molecular complexity index is 327. The molecular formula is C12H17NO. The van der Waals surface area contributed by atoms with E-state index in [0.717, 1.165) is 24.3 Å². The zero-order chi connectivity index (χ0) is 9.54. The van der Waals surface area contributed by atoms with E-state index < -0.39 is 0 Å². The summed E-state index contributed by atoms with van der Waals surface area (Å²) < 4.78 is 5.79. The van der Waals surface area contributed by atoms with Crippen molar-refractivity contribution in [1.82, 2.24) is 5.32 Å². The first-order valence-corrected chi connectivity index (χ1v) is 5.65. The second kappa shape index (κ2) is 3.13. The highest BCUT2D eigenvalue weighted by atomic mass is 16.3. The third-order valence-electron chi connectivity index (χ3n) is 3.30. The van der Waals surface area contributed by atoms with Gasteiger partial charge >= 0.3 is 0 Å². The van der Waals surface area contributed by atoms with Gasteiger partial charge in [0.25, 0.3) is 0 Å². The summed E-state index contributed by atoms with van der Waals surface area (Å²) >= 11 is 0. The van der Waals surface area contributed by atoms with Crippen molar-refractivity contribution in [2.75, 3.05) is 0 Å². The lowest BCUT2D eigenvalue weighted by Gasteiger charge is -1.98. The van der Waals surface area contributed by atoms with Crippen LogP contribution in [-0.2, 0) is 6.54 Å². The Morgan fingerprint density at radius 3 is 2.86 bits per heavy atom. The van der Waals surface area contributed by atoms with Crippen LogP contribution in [-0.4, -0.2) is 6.04 Å². The Labute approximate surface area is 84.7 Å². The minimum Gasteiger partial charge on any atom is -0.464 e. The van der Waals surface area contributed by atoms with Crippen LogP contribution in [0.2, 0.25) is 0 Å². The van der Waals surface area contributed by atoms with Gasteiger partial charge in [-0.3, -0.25) is 0 Å². The Balaban J connectivity index is 1.59. The Morgan fingerprint density at radius 2 is 2.21 bits per heavy atom. The lowest BCUT2D eigenvalue weighted by molar-refractivity contribution is 0.443. The molecule has 0 bridgehead atoms. The van der Waals surface area contributed by atoms with Gasteiger partial charge in [-0.1, -0.05) is 6.92 Å². The zero-order valence-electron chi connectivity index (χ0n) is 8.62. The normalized spacial score (nSPS) is 30.6. The van der Waals surface area contributed by atoms with E-state index in [-0.39, 0.29) is 0 Å². The summed E-state index contributed by atoms with van der Waals surface area (Å²) in [5.41, 5.74) is 0. The number of hydrogen-bond donors (Lipinski definition) is 1. The van der Waals surface area contributed by atoms with Gasteiger partial charge in [0.1, 0.15) is 11.5 Å². The van der Waals surface area contributed by atoms with Crippen LogP contribution in [0.5, 0.6) is 0 Å². The van der Waals surface area contributed by atoms with Crippen LogP contribution >= 0.6 is 0 Å². The molecule has 2 aliphatic carbocycles. The van der Waals surface area contributed by atoms with Crippen molar-refractivity contribution in [2.24, 2.45) is 5.92 Å². The maximum Gasteiger partial charge on any atom is 0.117 e. The average molecular weight is 191 g/mol. The summed E-state index contributed by atoms with van der Waals surface area (Å²) in [6.07, 6.45) is 3.99. The number of nitrogens with one attached hydrogen (secondary N) is 1. The van der Waals surface area contributed by atoms with Crippen molar-refractivity contribution in [3.05, 3.63) is 23.7 Å². The van der Waals surface area contributed by atoms with Gasteiger partial charge in [-0.25, -0.2) is 0 Å². The first-order chi connectivity index (χ1) is 6.83. The molecular weight excluding hydrogens is 174 g/mol. The second-order valence-corrected chi connectivity index (χ2v) is 4.78. The summed E-state index contributed by atoms with van der Waals surface area (Å²) in [6, 6.07) is 5.04. The van der Waals surface area contributed by atoms with E-state index in [4.69, 9.17) is 4.42 Å². The molecule has 0 unspecified atom stereocenters. The van der Waals surface area contributed by atoms with E-state index in [9.17, 15) is 0 Å². The Hall–Kier alpha value is -0.760. The second-order valence-electron chi connectivity index (χ2n) is 4.78. The maximum atomic E-state index is 5.79. The van der Waals surface area contributed by atoms with Gasteiger partial charge in [0, 0.05) is 12.0 Å². The summed E-state index contributed by atoms with van der Waals surface area (Å²) in [6.45, 7) is 3.20. The van der Waals surface area contributed by atoms with Gasteiger partial charge in [-0.05, 0) is 37.3 Å². The molecule has 0 aromatic carbocycles. The quantitative estimate of drug-likeness (QED) is 0.791. The molecule has 76 valence electrons. The van der Waals surface area contributed by atoms with Crippen molar-refractivity contribution in [1.29, 1.82) is 0 Å². The molecule has 1 heterocycles. The fourth-order valence-electron chi connectivity index (χ4n) is 1.94. The fourth-order valence-corrected chi connectivity index (χ4v) is 1.94. The molecule has 2 fully saturated rings. The minimum absolute atomic E-state index is 0.713. The molecule has 2 atom stereocenters. The maximum absolute atomic E-state index is 5.79. The SMILES string of the molecule is C[C@@H]1C[C@H]1c1ccc(CNC2CC2)o1. The molecule has 2 nitrogen and oxygen atoms in total. The highest BCUT2D eigenvalue weighted by Gasteiger charge is 2.36. The average Bonchev–Trinajstić information content (AvgIpc) is 3.07. The van der Waals surface area contributed by atoms with E-state index >= 15 is 0 Å². The van der Waals surface area contributed by atoms with Gasteiger partial charge in [0.15, 0.2) is 0 Å². The predicted octanol–water partition coefficient (Wildman–Crippen LogP) is 2.66. The molecule has 0 spiro atoms. The molecule has 0 amide bonds. The molecule has 2 saturated carbocycles. The molecule has 0 saturated heterocycles. The minimum atomic E-state index is 0.713. The number of furan rings is 1. The van der Waals surface area contributed by atoms with Gasteiger partial charge in [0.05, 0.1) is 6.54 Å². The van der Waals surface area contributed by atoms with Crippen LogP contribution in [0.15, 0.2) is 16.5 Å². The summed E-state index contributed by atoms with van der Waals surface area (Å²) in [5.74, 6) is 3.85. The molecule has 2 heteroatoms. The van der Waals surface area contributed by atoms with E-state index in [1.165, 1.54) is 25.0 Å². The lowest BCUT2D eigenvalue weighted by Crippen LogP contribution is -2.14. The third kappa shape index (κ3) is 1.71. The first-order valence-electron chi connectivity index (χ1n) is 5.65. The molecule has 1 aromatic heterocycles. The monoisotopic (exact) mass is 191 g/mol. The molecule has 0 radical (unpaired) electrons. The van der Waals surface area contributed by atoms with E-state index in [1.54, 1.807) is 0 Å². The molecule has 0 aliphatic heterocycles.